The number of hydrogen-bond donors (Lipinski definition) is 2. The molecule has 0 aliphatic heterocycles. The van der Waals surface area contributed by atoms with Crippen molar-refractivity contribution in [3.8, 4) is 5.75 Å². The molecule has 8 heteroatoms. The number of rotatable bonds is 5. The summed E-state index contributed by atoms with van der Waals surface area (Å²) in [4.78, 5) is 20.9. The predicted molar refractivity (Wildman–Crippen MR) is 102 cm³/mol. The van der Waals surface area contributed by atoms with Gasteiger partial charge in [-0.25, -0.2) is 14.4 Å². The van der Waals surface area contributed by atoms with Crippen LogP contribution in [-0.2, 0) is 0 Å². The summed E-state index contributed by atoms with van der Waals surface area (Å²) in [6.07, 6.45) is 0. The van der Waals surface area contributed by atoms with E-state index in [0.717, 1.165) is 0 Å². The molecule has 3 rings (SSSR count). The van der Waals surface area contributed by atoms with Crippen molar-refractivity contribution in [3.63, 3.8) is 0 Å². The van der Waals surface area contributed by atoms with E-state index in [4.69, 9.17) is 16.3 Å². The molecule has 6 nitrogen and oxygen atoms in total. The van der Waals surface area contributed by atoms with E-state index >= 15 is 0 Å². The van der Waals surface area contributed by atoms with Crippen LogP contribution in [0.25, 0.3) is 0 Å². The van der Waals surface area contributed by atoms with Gasteiger partial charge in [-0.1, -0.05) is 11.6 Å². The Morgan fingerprint density at radius 2 is 1.78 bits per heavy atom. The first-order chi connectivity index (χ1) is 12.9. The van der Waals surface area contributed by atoms with Crippen LogP contribution in [0.5, 0.6) is 5.75 Å². The summed E-state index contributed by atoms with van der Waals surface area (Å²) >= 11 is 6.11. The Kier molecular flexibility index (Phi) is 5.52. The number of amides is 1. The number of carbonyl (C=O) groups excluding carboxylic acids is 1. The quantitative estimate of drug-likeness (QED) is 0.671. The molecule has 0 fully saturated rings. The van der Waals surface area contributed by atoms with Crippen LogP contribution in [0.1, 0.15) is 16.2 Å². The number of benzene rings is 2. The number of nitrogens with one attached hydrogen (secondary N) is 2. The van der Waals surface area contributed by atoms with Crippen LogP contribution in [0.3, 0.4) is 0 Å². The maximum Gasteiger partial charge on any atom is 0.274 e. The van der Waals surface area contributed by atoms with E-state index < -0.39 is 5.91 Å². The van der Waals surface area contributed by atoms with Crippen molar-refractivity contribution in [3.05, 3.63) is 70.8 Å². The van der Waals surface area contributed by atoms with Gasteiger partial charge in [0, 0.05) is 17.1 Å². The molecule has 0 saturated heterocycles. The summed E-state index contributed by atoms with van der Waals surface area (Å²) in [6.45, 7) is 1.75. The van der Waals surface area contributed by atoms with Gasteiger partial charge in [-0.15, -0.1) is 0 Å². The van der Waals surface area contributed by atoms with E-state index in [1.165, 1.54) is 31.4 Å². The third-order valence-corrected chi connectivity index (χ3v) is 3.89. The van der Waals surface area contributed by atoms with Crippen molar-refractivity contribution < 1.29 is 13.9 Å². The fourth-order valence-electron chi connectivity index (χ4n) is 2.34. The zero-order valence-electron chi connectivity index (χ0n) is 14.6. The molecule has 138 valence electrons. The Balaban J connectivity index is 1.80. The molecular weight excluding hydrogens is 371 g/mol. The van der Waals surface area contributed by atoms with E-state index in [9.17, 15) is 9.18 Å². The lowest BCUT2D eigenvalue weighted by atomic mass is 10.2. The van der Waals surface area contributed by atoms with Gasteiger partial charge in [0.15, 0.2) is 0 Å². The highest BCUT2D eigenvalue weighted by Gasteiger charge is 2.12. The fraction of sp³-hybridized carbons (Fsp3) is 0.105. The Hall–Kier alpha value is -3.19. The number of anilines is 3. The van der Waals surface area contributed by atoms with E-state index in [-0.39, 0.29) is 17.5 Å². The normalized spacial score (nSPS) is 10.4. The number of methoxy groups -OCH3 is 1. The summed E-state index contributed by atoms with van der Waals surface area (Å²) in [6, 6.07) is 12.2. The van der Waals surface area contributed by atoms with Crippen LogP contribution in [0.2, 0.25) is 5.02 Å². The monoisotopic (exact) mass is 386 g/mol. The van der Waals surface area contributed by atoms with E-state index in [1.54, 1.807) is 31.2 Å². The summed E-state index contributed by atoms with van der Waals surface area (Å²) in [5, 5.41) is 6.11. The Morgan fingerprint density at radius 1 is 1.07 bits per heavy atom. The highest BCUT2D eigenvalue weighted by atomic mass is 35.5. The van der Waals surface area contributed by atoms with Gasteiger partial charge in [-0.2, -0.15) is 0 Å². The third kappa shape index (κ3) is 4.71. The van der Waals surface area contributed by atoms with Crippen LogP contribution < -0.4 is 15.4 Å². The van der Waals surface area contributed by atoms with Gasteiger partial charge in [-0.05, 0) is 55.5 Å². The van der Waals surface area contributed by atoms with Crippen LogP contribution in [-0.4, -0.2) is 23.0 Å². The van der Waals surface area contributed by atoms with Gasteiger partial charge in [0.2, 0.25) is 5.95 Å². The molecule has 0 spiro atoms. The van der Waals surface area contributed by atoms with Crippen molar-refractivity contribution in [2.75, 3.05) is 17.7 Å². The minimum Gasteiger partial charge on any atom is -0.495 e. The fourth-order valence-corrected chi connectivity index (χ4v) is 2.60. The number of ether oxygens (including phenoxy) is 1. The molecular formula is C19H16ClFN4O2. The number of nitrogens with zero attached hydrogens (tertiary/aromatic N) is 2. The lowest BCUT2D eigenvalue weighted by Gasteiger charge is -2.10. The number of aromatic nitrogens is 2. The van der Waals surface area contributed by atoms with Gasteiger partial charge >= 0.3 is 0 Å². The number of carbonyl (C=O) groups is 1. The zero-order chi connectivity index (χ0) is 19.4. The molecule has 0 bridgehead atoms. The Labute approximate surface area is 160 Å². The summed E-state index contributed by atoms with van der Waals surface area (Å²) in [7, 11) is 1.53. The standard InChI is InChI=1S/C19H16ClFN4O2/c1-11-9-16(18(26)23-13-5-3-12(21)4-6-13)25-19(22-11)24-14-7-8-17(27-2)15(20)10-14/h3-10H,1-2H3,(H,23,26)(H,22,24,25). The second kappa shape index (κ2) is 8.01. The van der Waals surface area contributed by atoms with E-state index in [2.05, 4.69) is 20.6 Å². The van der Waals surface area contributed by atoms with Crippen molar-refractivity contribution in [1.29, 1.82) is 0 Å². The molecule has 2 N–H and O–H groups in total. The number of hydrogen-bond acceptors (Lipinski definition) is 5. The number of halogens is 2. The lowest BCUT2D eigenvalue weighted by molar-refractivity contribution is 0.102. The molecule has 1 aromatic heterocycles. The zero-order valence-corrected chi connectivity index (χ0v) is 15.3. The molecule has 0 unspecified atom stereocenters. The van der Waals surface area contributed by atoms with Crippen molar-refractivity contribution in [2.45, 2.75) is 6.92 Å². The molecule has 0 radical (unpaired) electrons. The smallest absolute Gasteiger partial charge is 0.274 e. The minimum atomic E-state index is -0.428. The van der Waals surface area contributed by atoms with Crippen molar-refractivity contribution in [2.24, 2.45) is 0 Å². The van der Waals surface area contributed by atoms with Gasteiger partial charge in [0.05, 0.1) is 12.1 Å². The largest absolute Gasteiger partial charge is 0.495 e. The highest BCUT2D eigenvalue weighted by Crippen LogP contribution is 2.28. The first-order valence-corrected chi connectivity index (χ1v) is 8.35. The topological polar surface area (TPSA) is 76.1 Å². The van der Waals surface area contributed by atoms with Gasteiger partial charge < -0.3 is 15.4 Å². The average molecular weight is 387 g/mol. The maximum absolute atomic E-state index is 13.0. The first-order valence-electron chi connectivity index (χ1n) is 7.98. The molecule has 3 aromatic rings. The van der Waals surface area contributed by atoms with Gasteiger partial charge in [0.25, 0.3) is 5.91 Å². The van der Waals surface area contributed by atoms with Gasteiger partial charge in [0.1, 0.15) is 17.3 Å². The molecule has 0 aliphatic carbocycles. The number of aryl methyl sites for hydroxylation is 1. The van der Waals surface area contributed by atoms with Gasteiger partial charge in [-0.3, -0.25) is 4.79 Å². The van der Waals surface area contributed by atoms with E-state index in [1.807, 2.05) is 0 Å². The molecule has 1 amide bonds. The Morgan fingerprint density at radius 3 is 2.44 bits per heavy atom. The average Bonchev–Trinajstić information content (AvgIpc) is 2.63. The first kappa shape index (κ1) is 18.6. The summed E-state index contributed by atoms with van der Waals surface area (Å²) < 4.78 is 18.1. The molecule has 0 atom stereocenters. The molecule has 1 heterocycles. The van der Waals surface area contributed by atoms with Crippen LogP contribution in [0.15, 0.2) is 48.5 Å². The SMILES string of the molecule is COc1ccc(Nc2nc(C)cc(C(=O)Nc3ccc(F)cc3)n2)cc1Cl. The minimum absolute atomic E-state index is 0.175. The maximum atomic E-state index is 13.0. The molecule has 0 aliphatic rings. The highest BCUT2D eigenvalue weighted by molar-refractivity contribution is 6.32. The van der Waals surface area contributed by atoms with Crippen LogP contribution in [0.4, 0.5) is 21.7 Å². The van der Waals surface area contributed by atoms with Crippen LogP contribution in [0, 0.1) is 12.7 Å². The Bertz CT molecular complexity index is 980. The predicted octanol–water partition coefficient (Wildman–Crippen LogP) is 4.58. The van der Waals surface area contributed by atoms with E-state index in [0.29, 0.717) is 27.8 Å². The van der Waals surface area contributed by atoms with Crippen molar-refractivity contribution >= 4 is 34.8 Å². The molecule has 27 heavy (non-hydrogen) atoms. The second-order valence-corrected chi connectivity index (χ2v) is 6.06. The molecule has 0 saturated carbocycles. The van der Waals surface area contributed by atoms with Crippen molar-refractivity contribution in [1.82, 2.24) is 9.97 Å². The second-order valence-electron chi connectivity index (χ2n) is 5.65. The summed E-state index contributed by atoms with van der Waals surface area (Å²) in [5.41, 5.74) is 1.90. The summed E-state index contributed by atoms with van der Waals surface area (Å²) in [5.74, 6) is -0.00864. The lowest BCUT2D eigenvalue weighted by Crippen LogP contribution is -2.15. The molecule has 2 aromatic carbocycles. The van der Waals surface area contributed by atoms with Crippen LogP contribution >= 0.6 is 11.6 Å². The third-order valence-electron chi connectivity index (χ3n) is 3.60.